The summed E-state index contributed by atoms with van der Waals surface area (Å²) in [4.78, 5) is 10.7. The number of hydrogen-bond acceptors (Lipinski definition) is 14. The SMILES string of the molecule is CCCC1(C)\C(=C/C=C/C=C/C2=[N+](CCCS(=O)(=O)[O-])c3c(S(=O)(=O)O)cc4cc(OC=O)ccc4c3C2(C)C)N(CCCS(=O)(=O)O)c2ccc3c(S(=O)(=O)O)cc(S(=O)(=O)O)cc3c21. The molecular weight excluding hydrogens is 965 g/mol. The monoisotopic (exact) mass is 1010 g/mol. The molecule has 0 saturated carbocycles. The van der Waals surface area contributed by atoms with Crippen molar-refractivity contribution in [3.05, 3.63) is 95.7 Å². The molecule has 19 nitrogen and oxygen atoms in total. The third-order valence-corrected chi connectivity index (χ3v) is 15.9. The van der Waals surface area contributed by atoms with Crippen LogP contribution in [0.4, 0.5) is 11.4 Å². The van der Waals surface area contributed by atoms with E-state index in [0.717, 1.165) is 6.07 Å². The van der Waals surface area contributed by atoms with Crippen LogP contribution >= 0.6 is 0 Å². The second-order valence-electron chi connectivity index (χ2n) is 16.5. The number of benzene rings is 4. The van der Waals surface area contributed by atoms with Crippen molar-refractivity contribution < 1.29 is 79.0 Å². The molecule has 2 aliphatic heterocycles. The Labute approximate surface area is 382 Å². The van der Waals surface area contributed by atoms with Crippen LogP contribution < -0.4 is 9.64 Å². The van der Waals surface area contributed by atoms with Gasteiger partial charge < -0.3 is 14.2 Å². The largest absolute Gasteiger partial charge is 0.748 e. The summed E-state index contributed by atoms with van der Waals surface area (Å²) in [6.07, 6.45) is 8.67. The maximum atomic E-state index is 13.0. The molecule has 4 aromatic carbocycles. The molecule has 2 heterocycles. The number of carbonyl (C=O) groups is 1. The highest BCUT2D eigenvalue weighted by Gasteiger charge is 2.49. The second-order valence-corrected chi connectivity index (χ2v) is 23.8. The van der Waals surface area contributed by atoms with Crippen LogP contribution in [-0.4, -0.2) is 106 Å². The molecule has 4 N–H and O–H groups in total. The van der Waals surface area contributed by atoms with Gasteiger partial charge in [-0.3, -0.25) is 23.0 Å². The lowest BCUT2D eigenvalue weighted by Gasteiger charge is -2.30. The first-order valence-electron chi connectivity index (χ1n) is 20.1. The zero-order chi connectivity index (χ0) is 49.0. The van der Waals surface area contributed by atoms with E-state index in [1.54, 1.807) is 62.1 Å². The number of rotatable bonds is 18. The van der Waals surface area contributed by atoms with Crippen LogP contribution in [0.25, 0.3) is 21.5 Å². The van der Waals surface area contributed by atoms with E-state index in [9.17, 15) is 69.6 Å². The summed E-state index contributed by atoms with van der Waals surface area (Å²) in [7, 11) is -24.1. The van der Waals surface area contributed by atoms with Crippen LogP contribution in [0.15, 0.2) is 99.3 Å². The number of fused-ring (bicyclic) bond motifs is 6. The van der Waals surface area contributed by atoms with Gasteiger partial charge in [-0.05, 0) is 97.8 Å². The number of hydrogen-bond donors (Lipinski definition) is 4. The summed E-state index contributed by atoms with van der Waals surface area (Å²) in [5.74, 6) is -1.32. The molecule has 0 fully saturated rings. The third-order valence-electron chi connectivity index (χ3n) is 11.7. The number of carbonyl (C=O) groups excluding carboxylic acids is 1. The van der Waals surface area contributed by atoms with E-state index in [1.807, 2.05) is 6.92 Å². The van der Waals surface area contributed by atoms with Crippen molar-refractivity contribution in [2.75, 3.05) is 29.5 Å². The van der Waals surface area contributed by atoms with Crippen molar-refractivity contribution in [2.24, 2.45) is 0 Å². The average molecular weight is 1010 g/mol. The fraction of sp³-hybridized carbons (Fsp3) is 0.333. The molecule has 0 bridgehead atoms. The molecule has 0 aromatic heterocycles. The predicted molar refractivity (Wildman–Crippen MR) is 243 cm³/mol. The topological polar surface area (TPSA) is 307 Å². The molecule has 0 amide bonds. The standard InChI is InChI=1S/C42H46N2O17S5/c1-5-17-42(4)37(43(18-9-20-62(46,47)48)33-16-15-31-32(38(33)42)24-29(64(52,53)54)25-34(31)65(55,56)57)12-8-6-7-11-36-41(2,3)39-30-14-13-28(61-26-45)22-27(30)23-35(66(58,59)60)40(39)44(36)19-10-21-63(49,50)51/h6-8,11-16,22-26H,5,9-10,17-21H2,1-4H3,(H4-,46,47,48,49,50,51,52,53,54,55,56,57,58,59,60). The van der Waals surface area contributed by atoms with Gasteiger partial charge in [-0.25, -0.2) is 8.42 Å². The summed E-state index contributed by atoms with van der Waals surface area (Å²) < 4.78 is 182. The minimum atomic E-state index is -5.05. The number of ether oxygens (including phenoxy) is 1. The van der Waals surface area contributed by atoms with E-state index in [2.05, 4.69) is 0 Å². The first-order chi connectivity index (χ1) is 30.4. The van der Waals surface area contributed by atoms with Gasteiger partial charge in [0.1, 0.15) is 17.2 Å². The van der Waals surface area contributed by atoms with Crippen molar-refractivity contribution in [3.8, 4) is 5.75 Å². The molecule has 1 unspecified atom stereocenters. The van der Waals surface area contributed by atoms with Gasteiger partial charge in [0, 0.05) is 52.5 Å². The Hall–Kier alpha value is -4.89. The summed E-state index contributed by atoms with van der Waals surface area (Å²) in [5.41, 5.74) is 0.0910. The lowest BCUT2D eigenvalue weighted by molar-refractivity contribution is -0.440. The van der Waals surface area contributed by atoms with Crippen LogP contribution in [0.1, 0.15) is 64.5 Å². The molecule has 4 aromatic rings. The number of nitrogens with zero attached hydrogens (tertiary/aromatic N) is 2. The summed E-state index contributed by atoms with van der Waals surface area (Å²) in [5, 5.41) is 0.804. The van der Waals surface area contributed by atoms with Gasteiger partial charge >= 0.3 is 10.1 Å². The number of anilines is 1. The molecule has 24 heteroatoms. The highest BCUT2D eigenvalue weighted by molar-refractivity contribution is 7.87. The molecule has 0 aliphatic carbocycles. The third kappa shape index (κ3) is 10.2. The lowest BCUT2D eigenvalue weighted by atomic mass is 9.76. The van der Waals surface area contributed by atoms with Gasteiger partial charge in [-0.2, -0.15) is 38.2 Å². The Bertz CT molecular complexity index is 3390. The predicted octanol–water partition coefficient (Wildman–Crippen LogP) is 5.43. The lowest BCUT2D eigenvalue weighted by Crippen LogP contribution is -2.30. The van der Waals surface area contributed by atoms with Gasteiger partial charge in [0.2, 0.25) is 5.69 Å². The van der Waals surface area contributed by atoms with Gasteiger partial charge in [0.15, 0.2) is 10.6 Å². The van der Waals surface area contributed by atoms with E-state index in [0.29, 0.717) is 52.5 Å². The maximum Gasteiger partial charge on any atom is 0.301 e. The maximum absolute atomic E-state index is 13.0. The molecule has 0 saturated heterocycles. The van der Waals surface area contributed by atoms with Crippen LogP contribution in [-0.2, 0) is 66.2 Å². The van der Waals surface area contributed by atoms with Crippen LogP contribution in [0, 0.1) is 0 Å². The first kappa shape index (κ1) is 50.5. The smallest absolute Gasteiger partial charge is 0.301 e. The average Bonchev–Trinajstić information content (AvgIpc) is 3.54. The minimum Gasteiger partial charge on any atom is -0.748 e. The van der Waals surface area contributed by atoms with Crippen LogP contribution in [0.5, 0.6) is 5.75 Å². The summed E-state index contributed by atoms with van der Waals surface area (Å²) in [6.45, 7) is 7.22. The van der Waals surface area contributed by atoms with Gasteiger partial charge in [-0.1, -0.05) is 43.7 Å². The summed E-state index contributed by atoms with van der Waals surface area (Å²) in [6, 6.07) is 10.3. The van der Waals surface area contributed by atoms with Crippen molar-refractivity contribution in [2.45, 2.75) is 78.9 Å². The normalized spacial score (nSPS) is 18.6. The molecule has 1 atom stereocenters. The zero-order valence-electron chi connectivity index (χ0n) is 35.8. The Morgan fingerprint density at radius 2 is 1.41 bits per heavy atom. The Morgan fingerprint density at radius 3 is 2.00 bits per heavy atom. The molecule has 66 heavy (non-hydrogen) atoms. The second kappa shape index (κ2) is 18.0. The van der Waals surface area contributed by atoms with E-state index < -0.39 is 87.6 Å². The van der Waals surface area contributed by atoms with Gasteiger partial charge in [0.25, 0.3) is 36.8 Å². The Balaban J connectivity index is 1.53. The first-order valence-corrected chi connectivity index (χ1v) is 27.6. The molecule has 6 rings (SSSR count). The van der Waals surface area contributed by atoms with E-state index in [-0.39, 0.29) is 60.0 Å². The quantitative estimate of drug-likeness (QED) is 0.0418. The number of allylic oxidation sites excluding steroid dienone is 6. The van der Waals surface area contributed by atoms with Gasteiger partial charge in [-0.15, -0.1) is 0 Å². The minimum absolute atomic E-state index is 0.0124. The fourth-order valence-corrected chi connectivity index (χ4v) is 12.3. The molecule has 0 spiro atoms. The fourth-order valence-electron chi connectivity index (χ4n) is 9.21. The van der Waals surface area contributed by atoms with E-state index in [1.165, 1.54) is 34.9 Å². The van der Waals surface area contributed by atoms with Crippen molar-refractivity contribution in [3.63, 3.8) is 0 Å². The van der Waals surface area contributed by atoms with Crippen LogP contribution in [0.2, 0.25) is 0 Å². The highest BCUT2D eigenvalue weighted by atomic mass is 32.2. The molecule has 356 valence electrons. The van der Waals surface area contributed by atoms with Crippen LogP contribution in [0.3, 0.4) is 0 Å². The van der Waals surface area contributed by atoms with Crippen molar-refractivity contribution in [1.29, 1.82) is 0 Å². The van der Waals surface area contributed by atoms with E-state index in [4.69, 9.17) is 4.74 Å². The Kier molecular flexibility index (Phi) is 13.8. The van der Waals surface area contributed by atoms with Crippen molar-refractivity contribution >= 4 is 95.7 Å². The highest BCUT2D eigenvalue weighted by Crippen LogP contribution is 2.54. The molecule has 0 radical (unpaired) electrons. The molecular formula is C42H46N2O17S5. The van der Waals surface area contributed by atoms with Crippen molar-refractivity contribution in [1.82, 2.24) is 0 Å². The zero-order valence-corrected chi connectivity index (χ0v) is 39.9. The Morgan fingerprint density at radius 1 is 0.742 bits per heavy atom. The summed E-state index contributed by atoms with van der Waals surface area (Å²) >= 11 is 0. The van der Waals surface area contributed by atoms with E-state index >= 15 is 0 Å². The molecule has 2 aliphatic rings. The van der Waals surface area contributed by atoms with Gasteiger partial charge in [0.05, 0.1) is 26.2 Å².